The van der Waals surface area contributed by atoms with Crippen molar-refractivity contribution < 1.29 is 4.79 Å². The number of nitrogens with one attached hydrogen (secondary N) is 2. The van der Waals surface area contributed by atoms with E-state index in [1.165, 1.54) is 6.20 Å². The van der Waals surface area contributed by atoms with Gasteiger partial charge in [-0.25, -0.2) is 0 Å². The molecule has 2 aromatic rings. The summed E-state index contributed by atoms with van der Waals surface area (Å²) in [6.07, 6.45) is 1.80. The van der Waals surface area contributed by atoms with Crippen LogP contribution in [0.3, 0.4) is 0 Å². The number of carbonyl (C=O) groups excluding carboxylic acids is 1. The highest BCUT2D eigenvalue weighted by molar-refractivity contribution is 9.10. The number of aromatic amines is 1. The fourth-order valence-electron chi connectivity index (χ4n) is 1.91. The number of amides is 1. The lowest BCUT2D eigenvalue weighted by Gasteiger charge is -2.08. The van der Waals surface area contributed by atoms with Crippen molar-refractivity contribution in [1.82, 2.24) is 4.98 Å². The van der Waals surface area contributed by atoms with E-state index in [-0.39, 0.29) is 11.5 Å². The van der Waals surface area contributed by atoms with Gasteiger partial charge in [-0.15, -0.1) is 0 Å². The van der Waals surface area contributed by atoms with Crippen LogP contribution in [0.4, 0.5) is 5.69 Å². The molecular formula is C15H15BrN2O2. The number of hydrogen-bond donors (Lipinski definition) is 2. The molecule has 0 bridgehead atoms. The Balaban J connectivity index is 2.08. The van der Waals surface area contributed by atoms with Crippen LogP contribution in [0.25, 0.3) is 0 Å². The zero-order chi connectivity index (χ0) is 14.7. The Kier molecular flexibility index (Phi) is 4.39. The molecule has 4 nitrogen and oxygen atoms in total. The summed E-state index contributed by atoms with van der Waals surface area (Å²) in [6.45, 7) is 3.67. The Morgan fingerprint density at radius 2 is 2.00 bits per heavy atom. The molecule has 0 saturated carbocycles. The molecule has 104 valence electrons. The smallest absolute Gasteiger partial charge is 0.250 e. The third-order valence-electron chi connectivity index (χ3n) is 3.03. The number of carbonyl (C=O) groups is 1. The second-order valence-corrected chi connectivity index (χ2v) is 5.61. The van der Waals surface area contributed by atoms with Crippen molar-refractivity contribution >= 4 is 27.5 Å². The van der Waals surface area contributed by atoms with Crippen molar-refractivity contribution in [3.8, 4) is 0 Å². The highest BCUT2D eigenvalue weighted by atomic mass is 79.9. The van der Waals surface area contributed by atoms with Gasteiger partial charge in [0, 0.05) is 16.2 Å². The first-order chi connectivity index (χ1) is 9.45. The van der Waals surface area contributed by atoms with Gasteiger partial charge in [-0.05, 0) is 43.2 Å². The lowest BCUT2D eigenvalue weighted by Crippen LogP contribution is -2.17. The van der Waals surface area contributed by atoms with Gasteiger partial charge in [0.05, 0.1) is 12.1 Å². The quantitative estimate of drug-likeness (QED) is 0.906. The molecule has 0 atom stereocenters. The second-order valence-electron chi connectivity index (χ2n) is 4.70. The molecule has 0 unspecified atom stereocenters. The maximum absolute atomic E-state index is 12.0. The summed E-state index contributed by atoms with van der Waals surface area (Å²) in [6, 6.07) is 7.48. The zero-order valence-electron chi connectivity index (χ0n) is 11.3. The van der Waals surface area contributed by atoms with Crippen molar-refractivity contribution in [3.05, 3.63) is 62.0 Å². The SMILES string of the molecule is Cc1cc(Br)ccc1CC(=O)Nc1c[nH]c(=O)c(C)c1. The van der Waals surface area contributed by atoms with E-state index in [9.17, 15) is 9.59 Å². The molecule has 0 aliphatic rings. The minimum atomic E-state index is -0.147. The number of rotatable bonds is 3. The van der Waals surface area contributed by atoms with Crippen LogP contribution >= 0.6 is 15.9 Å². The van der Waals surface area contributed by atoms with E-state index in [1.807, 2.05) is 25.1 Å². The molecule has 0 saturated heterocycles. The van der Waals surface area contributed by atoms with E-state index in [1.54, 1.807) is 13.0 Å². The summed E-state index contributed by atoms with van der Waals surface area (Å²) in [5, 5.41) is 2.78. The van der Waals surface area contributed by atoms with Gasteiger partial charge >= 0.3 is 0 Å². The van der Waals surface area contributed by atoms with Crippen molar-refractivity contribution in [3.63, 3.8) is 0 Å². The van der Waals surface area contributed by atoms with Crippen molar-refractivity contribution in [2.24, 2.45) is 0 Å². The molecule has 0 fully saturated rings. The fourth-order valence-corrected chi connectivity index (χ4v) is 2.38. The zero-order valence-corrected chi connectivity index (χ0v) is 12.9. The minimum absolute atomic E-state index is 0.109. The number of aromatic nitrogens is 1. The minimum Gasteiger partial charge on any atom is -0.327 e. The monoisotopic (exact) mass is 334 g/mol. The Hall–Kier alpha value is -1.88. The van der Waals surface area contributed by atoms with Crippen LogP contribution in [0.2, 0.25) is 0 Å². The molecule has 1 amide bonds. The molecule has 2 N–H and O–H groups in total. The Morgan fingerprint density at radius 1 is 1.25 bits per heavy atom. The third kappa shape index (κ3) is 3.57. The largest absolute Gasteiger partial charge is 0.327 e. The predicted molar refractivity (Wildman–Crippen MR) is 83.0 cm³/mol. The molecule has 0 radical (unpaired) electrons. The molecule has 1 aromatic heterocycles. The average molecular weight is 335 g/mol. The van der Waals surface area contributed by atoms with E-state index in [4.69, 9.17) is 0 Å². The van der Waals surface area contributed by atoms with Gasteiger partial charge in [-0.3, -0.25) is 9.59 Å². The van der Waals surface area contributed by atoms with E-state index >= 15 is 0 Å². The molecule has 1 heterocycles. The highest BCUT2D eigenvalue weighted by Crippen LogP contribution is 2.16. The van der Waals surface area contributed by atoms with Gasteiger partial charge in [0.25, 0.3) is 5.56 Å². The third-order valence-corrected chi connectivity index (χ3v) is 3.52. The molecule has 1 aromatic carbocycles. The maximum atomic E-state index is 12.0. The lowest BCUT2D eigenvalue weighted by atomic mass is 10.1. The van der Waals surface area contributed by atoms with Crippen LogP contribution in [-0.2, 0) is 11.2 Å². The van der Waals surface area contributed by atoms with Crippen molar-refractivity contribution in [1.29, 1.82) is 0 Å². The molecule has 0 aliphatic carbocycles. The van der Waals surface area contributed by atoms with Gasteiger partial charge in [0.15, 0.2) is 0 Å². The number of anilines is 1. The van der Waals surface area contributed by atoms with E-state index < -0.39 is 0 Å². The van der Waals surface area contributed by atoms with Gasteiger partial charge < -0.3 is 10.3 Å². The number of benzene rings is 1. The van der Waals surface area contributed by atoms with Crippen LogP contribution in [0, 0.1) is 13.8 Å². The molecule has 2 rings (SSSR count). The summed E-state index contributed by atoms with van der Waals surface area (Å²) in [7, 11) is 0. The summed E-state index contributed by atoms with van der Waals surface area (Å²) in [5.74, 6) is -0.109. The van der Waals surface area contributed by atoms with Crippen LogP contribution in [0.5, 0.6) is 0 Å². The Morgan fingerprint density at radius 3 is 2.65 bits per heavy atom. The maximum Gasteiger partial charge on any atom is 0.250 e. The van der Waals surface area contributed by atoms with Gasteiger partial charge in [0.2, 0.25) is 5.91 Å². The summed E-state index contributed by atoms with van der Waals surface area (Å²) in [4.78, 5) is 25.8. The van der Waals surface area contributed by atoms with Crippen LogP contribution < -0.4 is 10.9 Å². The first kappa shape index (κ1) is 14.5. The summed E-state index contributed by atoms with van der Waals surface area (Å²) >= 11 is 3.40. The second kappa shape index (κ2) is 6.05. The van der Waals surface area contributed by atoms with Crippen LogP contribution in [0.15, 0.2) is 39.7 Å². The summed E-state index contributed by atoms with van der Waals surface area (Å²) < 4.78 is 0.996. The molecule has 0 spiro atoms. The van der Waals surface area contributed by atoms with E-state index in [0.717, 1.165) is 15.6 Å². The standard InChI is InChI=1S/C15H15BrN2O2/c1-9-5-12(16)4-3-11(9)7-14(19)18-13-6-10(2)15(20)17-8-13/h3-6,8H,7H2,1-2H3,(H,17,20)(H,18,19). The Bertz CT molecular complexity index is 707. The van der Waals surface area contributed by atoms with E-state index in [2.05, 4.69) is 26.2 Å². The number of pyridine rings is 1. The van der Waals surface area contributed by atoms with Crippen molar-refractivity contribution in [2.75, 3.05) is 5.32 Å². The van der Waals surface area contributed by atoms with Crippen molar-refractivity contribution in [2.45, 2.75) is 20.3 Å². The van der Waals surface area contributed by atoms with Crippen LogP contribution in [-0.4, -0.2) is 10.9 Å². The lowest BCUT2D eigenvalue weighted by molar-refractivity contribution is -0.115. The number of hydrogen-bond acceptors (Lipinski definition) is 2. The first-order valence-electron chi connectivity index (χ1n) is 6.20. The molecular weight excluding hydrogens is 320 g/mol. The normalized spacial score (nSPS) is 10.3. The predicted octanol–water partition coefficient (Wildman–Crippen LogP) is 2.94. The van der Waals surface area contributed by atoms with Gasteiger partial charge in [-0.2, -0.15) is 0 Å². The van der Waals surface area contributed by atoms with Crippen LogP contribution in [0.1, 0.15) is 16.7 Å². The number of aryl methyl sites for hydroxylation is 2. The molecule has 0 aliphatic heterocycles. The van der Waals surface area contributed by atoms with Gasteiger partial charge in [-0.1, -0.05) is 22.0 Å². The van der Waals surface area contributed by atoms with Gasteiger partial charge in [0.1, 0.15) is 0 Å². The first-order valence-corrected chi connectivity index (χ1v) is 6.99. The average Bonchev–Trinajstić information content (AvgIpc) is 2.37. The summed E-state index contributed by atoms with van der Waals surface area (Å²) in [5.41, 5.74) is 3.07. The fraction of sp³-hybridized carbons (Fsp3) is 0.200. The van der Waals surface area contributed by atoms with E-state index in [0.29, 0.717) is 17.7 Å². The highest BCUT2D eigenvalue weighted by Gasteiger charge is 2.07. The topological polar surface area (TPSA) is 62.0 Å². The molecule has 20 heavy (non-hydrogen) atoms. The Labute approximate surface area is 125 Å². The number of halogens is 1. The molecule has 5 heteroatoms. The number of H-pyrrole nitrogens is 1.